The van der Waals surface area contributed by atoms with Gasteiger partial charge in [-0.25, -0.2) is 4.79 Å². The minimum absolute atomic E-state index is 0.152. The van der Waals surface area contributed by atoms with Gasteiger partial charge in [0.15, 0.2) is 0 Å². The van der Waals surface area contributed by atoms with Gasteiger partial charge in [-0.1, -0.05) is 10.2 Å². The number of hydrogen-bond acceptors (Lipinski definition) is 6. The molecule has 0 amide bonds. The third kappa shape index (κ3) is 2.73. The van der Waals surface area contributed by atoms with E-state index in [1.54, 1.807) is 20.8 Å². The van der Waals surface area contributed by atoms with Gasteiger partial charge in [-0.2, -0.15) is 0 Å². The molecule has 0 aliphatic heterocycles. The molecule has 0 saturated carbocycles. The first-order valence-electron chi connectivity index (χ1n) is 3.71. The van der Waals surface area contributed by atoms with E-state index in [4.69, 9.17) is 10.5 Å². The van der Waals surface area contributed by atoms with Crippen LogP contribution in [-0.4, -0.2) is 21.8 Å². The van der Waals surface area contributed by atoms with E-state index in [1.807, 2.05) is 0 Å². The molecule has 1 rings (SSSR count). The molecule has 6 heteroatoms. The summed E-state index contributed by atoms with van der Waals surface area (Å²) < 4.78 is 9.62. The van der Waals surface area contributed by atoms with Crippen LogP contribution >= 0.6 is 0 Å². The molecule has 0 bridgehead atoms. The SMILES string of the molecule is CC(C)(C)OC(=O)c1nnc(N)o1. The molecule has 1 heterocycles. The molecular weight excluding hydrogens is 174 g/mol. The fraction of sp³-hybridized carbons (Fsp3) is 0.571. The highest BCUT2D eigenvalue weighted by atomic mass is 16.6. The highest BCUT2D eigenvalue weighted by Gasteiger charge is 2.22. The molecule has 0 atom stereocenters. The summed E-state index contributed by atoms with van der Waals surface area (Å²) in [6.07, 6.45) is 0. The molecular formula is C7H11N3O3. The van der Waals surface area contributed by atoms with E-state index in [2.05, 4.69) is 14.6 Å². The summed E-state index contributed by atoms with van der Waals surface area (Å²) in [5.74, 6) is -0.899. The van der Waals surface area contributed by atoms with Gasteiger partial charge >= 0.3 is 17.9 Å². The average Bonchev–Trinajstić information content (AvgIpc) is 2.31. The Morgan fingerprint density at radius 1 is 1.46 bits per heavy atom. The summed E-state index contributed by atoms with van der Waals surface area (Å²) in [4.78, 5) is 11.2. The molecule has 0 fully saturated rings. The van der Waals surface area contributed by atoms with Gasteiger partial charge in [0, 0.05) is 0 Å². The van der Waals surface area contributed by atoms with E-state index in [9.17, 15) is 4.79 Å². The quantitative estimate of drug-likeness (QED) is 0.644. The summed E-state index contributed by atoms with van der Waals surface area (Å²) in [5, 5.41) is 6.71. The van der Waals surface area contributed by atoms with Crippen LogP contribution in [0.1, 0.15) is 31.5 Å². The van der Waals surface area contributed by atoms with Crippen LogP contribution in [-0.2, 0) is 4.74 Å². The number of carbonyl (C=O) groups excluding carboxylic acids is 1. The summed E-state index contributed by atoms with van der Waals surface area (Å²) in [7, 11) is 0. The molecule has 0 unspecified atom stereocenters. The van der Waals surface area contributed by atoms with Crippen LogP contribution < -0.4 is 5.73 Å². The Kier molecular flexibility index (Phi) is 2.22. The van der Waals surface area contributed by atoms with Gasteiger partial charge in [0.25, 0.3) is 0 Å². The Balaban J connectivity index is 2.70. The van der Waals surface area contributed by atoms with Gasteiger partial charge in [-0.05, 0) is 20.8 Å². The van der Waals surface area contributed by atoms with Crippen LogP contribution in [0.3, 0.4) is 0 Å². The second kappa shape index (κ2) is 3.04. The number of nitrogen functional groups attached to an aromatic ring is 1. The topological polar surface area (TPSA) is 91.2 Å². The molecule has 0 saturated heterocycles. The zero-order chi connectivity index (χ0) is 10.1. The van der Waals surface area contributed by atoms with Crippen LogP contribution in [0, 0.1) is 0 Å². The average molecular weight is 185 g/mol. The Bertz CT molecular complexity index is 313. The van der Waals surface area contributed by atoms with Crippen LogP contribution in [0.15, 0.2) is 4.42 Å². The van der Waals surface area contributed by atoms with Crippen molar-refractivity contribution in [2.75, 3.05) is 5.73 Å². The van der Waals surface area contributed by atoms with E-state index >= 15 is 0 Å². The Labute approximate surface area is 75.1 Å². The normalized spacial score (nSPS) is 11.3. The number of hydrogen-bond donors (Lipinski definition) is 1. The van der Waals surface area contributed by atoms with E-state index in [0.717, 1.165) is 0 Å². The summed E-state index contributed by atoms with van der Waals surface area (Å²) in [6, 6.07) is -0.152. The zero-order valence-electron chi connectivity index (χ0n) is 7.70. The Hall–Kier alpha value is -1.59. The third-order valence-electron chi connectivity index (χ3n) is 1.01. The van der Waals surface area contributed by atoms with Crippen molar-refractivity contribution in [3.63, 3.8) is 0 Å². The summed E-state index contributed by atoms with van der Waals surface area (Å²) >= 11 is 0. The van der Waals surface area contributed by atoms with Crippen LogP contribution in [0.5, 0.6) is 0 Å². The predicted octanol–water partition coefficient (Wildman–Crippen LogP) is 0.607. The van der Waals surface area contributed by atoms with E-state index in [0.29, 0.717) is 0 Å². The minimum Gasteiger partial charge on any atom is -0.453 e. The number of carbonyl (C=O) groups is 1. The van der Waals surface area contributed by atoms with E-state index in [1.165, 1.54) is 0 Å². The molecule has 6 nitrogen and oxygen atoms in total. The number of ether oxygens (including phenoxy) is 1. The smallest absolute Gasteiger partial charge is 0.396 e. The lowest BCUT2D eigenvalue weighted by Gasteiger charge is -2.17. The molecule has 0 aliphatic carbocycles. The Morgan fingerprint density at radius 3 is 2.46 bits per heavy atom. The van der Waals surface area contributed by atoms with Crippen molar-refractivity contribution in [2.45, 2.75) is 26.4 Å². The van der Waals surface area contributed by atoms with Crippen molar-refractivity contribution in [3.05, 3.63) is 5.89 Å². The maximum atomic E-state index is 11.2. The van der Waals surface area contributed by atoms with E-state index in [-0.39, 0.29) is 11.9 Å². The molecule has 0 radical (unpaired) electrons. The van der Waals surface area contributed by atoms with Crippen molar-refractivity contribution in [3.8, 4) is 0 Å². The minimum atomic E-state index is -0.670. The molecule has 0 aromatic carbocycles. The molecule has 2 N–H and O–H groups in total. The number of anilines is 1. The van der Waals surface area contributed by atoms with Crippen molar-refractivity contribution in [2.24, 2.45) is 0 Å². The fourth-order valence-corrected chi connectivity index (χ4v) is 0.639. The van der Waals surface area contributed by atoms with Crippen LogP contribution in [0.4, 0.5) is 6.01 Å². The largest absolute Gasteiger partial charge is 0.453 e. The highest BCUT2D eigenvalue weighted by Crippen LogP contribution is 2.11. The number of nitrogens with two attached hydrogens (primary N) is 1. The van der Waals surface area contributed by atoms with Crippen molar-refractivity contribution in [1.29, 1.82) is 0 Å². The molecule has 0 spiro atoms. The van der Waals surface area contributed by atoms with Gasteiger partial charge in [0.2, 0.25) is 0 Å². The fourth-order valence-electron chi connectivity index (χ4n) is 0.639. The first-order valence-corrected chi connectivity index (χ1v) is 3.71. The standard InChI is InChI=1S/C7H11N3O3/c1-7(2,3)13-5(11)4-9-10-6(8)12-4/h1-3H3,(H2,8,10). The van der Waals surface area contributed by atoms with E-state index < -0.39 is 11.6 Å². The summed E-state index contributed by atoms with van der Waals surface area (Å²) in [6.45, 7) is 5.22. The van der Waals surface area contributed by atoms with Gasteiger partial charge in [0.05, 0.1) is 0 Å². The second-order valence-corrected chi connectivity index (χ2v) is 3.45. The molecule has 1 aromatic rings. The van der Waals surface area contributed by atoms with Crippen molar-refractivity contribution >= 4 is 12.0 Å². The highest BCUT2D eigenvalue weighted by molar-refractivity contribution is 5.84. The van der Waals surface area contributed by atoms with Crippen LogP contribution in [0.25, 0.3) is 0 Å². The molecule has 1 aromatic heterocycles. The third-order valence-corrected chi connectivity index (χ3v) is 1.01. The zero-order valence-corrected chi connectivity index (χ0v) is 7.70. The monoisotopic (exact) mass is 185 g/mol. The Morgan fingerprint density at radius 2 is 2.08 bits per heavy atom. The first kappa shape index (κ1) is 9.50. The maximum Gasteiger partial charge on any atom is 0.396 e. The predicted molar refractivity (Wildman–Crippen MR) is 43.9 cm³/mol. The molecule has 72 valence electrons. The van der Waals surface area contributed by atoms with Crippen molar-refractivity contribution in [1.82, 2.24) is 10.2 Å². The van der Waals surface area contributed by atoms with Gasteiger partial charge in [0.1, 0.15) is 5.60 Å². The number of esters is 1. The number of nitrogens with zero attached hydrogens (tertiary/aromatic N) is 2. The van der Waals surface area contributed by atoms with Gasteiger partial charge in [-0.15, -0.1) is 0 Å². The first-order chi connectivity index (χ1) is 5.88. The van der Waals surface area contributed by atoms with Gasteiger partial charge < -0.3 is 14.9 Å². The van der Waals surface area contributed by atoms with Gasteiger partial charge in [-0.3, -0.25) is 0 Å². The second-order valence-electron chi connectivity index (χ2n) is 3.45. The number of aromatic nitrogens is 2. The lowest BCUT2D eigenvalue weighted by molar-refractivity contribution is 0.00280. The lowest BCUT2D eigenvalue weighted by atomic mass is 10.2. The summed E-state index contributed by atoms with van der Waals surface area (Å²) in [5.41, 5.74) is 4.55. The maximum absolute atomic E-state index is 11.2. The molecule has 13 heavy (non-hydrogen) atoms. The van der Waals surface area contributed by atoms with Crippen molar-refractivity contribution < 1.29 is 13.9 Å². The van der Waals surface area contributed by atoms with Crippen LogP contribution in [0.2, 0.25) is 0 Å². The molecule has 0 aliphatic rings. The number of rotatable bonds is 1. The lowest BCUT2D eigenvalue weighted by Crippen LogP contribution is -2.24.